The number of carbonyl (C=O) groups excluding carboxylic acids is 3. The summed E-state index contributed by atoms with van der Waals surface area (Å²) in [7, 11) is 0. The molecule has 0 saturated carbocycles. The van der Waals surface area contributed by atoms with Crippen molar-refractivity contribution in [1.29, 1.82) is 0 Å². The SMILES string of the molecule is CCOC(=O)N1CCN(C(=O)COC(=O)c2c3c(nc4ccccc24)CCCCC3)CC1. The highest BCUT2D eigenvalue weighted by Gasteiger charge is 2.27. The van der Waals surface area contributed by atoms with Crippen molar-refractivity contribution in [3.8, 4) is 0 Å². The smallest absolute Gasteiger partial charge is 0.409 e. The number of para-hydroxylation sites is 1. The molecule has 4 rings (SSSR count). The first kappa shape index (κ1) is 22.0. The van der Waals surface area contributed by atoms with Crippen LogP contribution in [0.2, 0.25) is 0 Å². The zero-order chi connectivity index (χ0) is 22.5. The molecule has 2 amide bonds. The molecule has 2 aliphatic rings. The normalized spacial score (nSPS) is 16.3. The third kappa shape index (κ3) is 4.69. The van der Waals surface area contributed by atoms with E-state index in [1.807, 2.05) is 24.3 Å². The summed E-state index contributed by atoms with van der Waals surface area (Å²) in [6, 6.07) is 7.59. The van der Waals surface area contributed by atoms with Crippen LogP contribution in [-0.4, -0.2) is 72.1 Å². The molecule has 0 spiro atoms. The predicted molar refractivity (Wildman–Crippen MR) is 118 cm³/mol. The van der Waals surface area contributed by atoms with Crippen LogP contribution < -0.4 is 0 Å². The lowest BCUT2D eigenvalue weighted by Gasteiger charge is -2.33. The molecule has 0 radical (unpaired) electrons. The molecule has 1 aromatic heterocycles. The van der Waals surface area contributed by atoms with Crippen molar-refractivity contribution in [3.63, 3.8) is 0 Å². The highest BCUT2D eigenvalue weighted by Crippen LogP contribution is 2.29. The van der Waals surface area contributed by atoms with E-state index in [4.69, 9.17) is 14.5 Å². The van der Waals surface area contributed by atoms with E-state index in [0.29, 0.717) is 38.3 Å². The minimum atomic E-state index is -0.472. The number of esters is 1. The molecule has 8 heteroatoms. The molecule has 2 aromatic rings. The number of hydrogen-bond donors (Lipinski definition) is 0. The molecule has 8 nitrogen and oxygen atoms in total. The minimum Gasteiger partial charge on any atom is -0.452 e. The van der Waals surface area contributed by atoms with Gasteiger partial charge in [-0.05, 0) is 44.2 Å². The van der Waals surface area contributed by atoms with Gasteiger partial charge in [0.2, 0.25) is 0 Å². The highest BCUT2D eigenvalue weighted by atomic mass is 16.6. The van der Waals surface area contributed by atoms with Crippen molar-refractivity contribution in [1.82, 2.24) is 14.8 Å². The van der Waals surface area contributed by atoms with Gasteiger partial charge in [0.05, 0.1) is 17.7 Å². The number of fused-ring (bicyclic) bond motifs is 2. The standard InChI is InChI=1S/C24H29N3O5/c1-2-31-24(30)27-14-12-26(13-15-27)21(28)16-32-23(29)22-17-8-4-3-5-10-19(17)25-20-11-7-6-9-18(20)22/h6-7,9,11H,2-5,8,10,12-16H2,1H3. The van der Waals surface area contributed by atoms with Crippen molar-refractivity contribution < 1.29 is 23.9 Å². The van der Waals surface area contributed by atoms with Crippen LogP contribution >= 0.6 is 0 Å². The average Bonchev–Trinajstić information content (AvgIpc) is 3.06. The molecule has 1 aliphatic heterocycles. The monoisotopic (exact) mass is 439 g/mol. The van der Waals surface area contributed by atoms with Crippen LogP contribution in [0.5, 0.6) is 0 Å². The molecule has 1 fully saturated rings. The van der Waals surface area contributed by atoms with Gasteiger partial charge in [0.1, 0.15) is 0 Å². The van der Waals surface area contributed by atoms with Gasteiger partial charge in [0.25, 0.3) is 5.91 Å². The Labute approximate surface area is 187 Å². The number of ether oxygens (including phenoxy) is 2. The number of pyridine rings is 1. The molecular weight excluding hydrogens is 410 g/mol. The quantitative estimate of drug-likeness (QED) is 0.538. The molecule has 0 bridgehead atoms. The average molecular weight is 440 g/mol. The first-order valence-corrected chi connectivity index (χ1v) is 11.4. The van der Waals surface area contributed by atoms with E-state index in [2.05, 4.69) is 0 Å². The number of piperazine rings is 1. The van der Waals surface area contributed by atoms with Gasteiger partial charge >= 0.3 is 12.1 Å². The lowest BCUT2D eigenvalue weighted by Crippen LogP contribution is -2.51. The fourth-order valence-electron chi connectivity index (χ4n) is 4.43. The van der Waals surface area contributed by atoms with Gasteiger partial charge in [-0.3, -0.25) is 9.78 Å². The van der Waals surface area contributed by atoms with E-state index < -0.39 is 5.97 Å². The van der Waals surface area contributed by atoms with Crippen molar-refractivity contribution in [2.75, 3.05) is 39.4 Å². The summed E-state index contributed by atoms with van der Waals surface area (Å²) in [5, 5.41) is 0.772. The second-order valence-corrected chi connectivity index (χ2v) is 8.13. The van der Waals surface area contributed by atoms with Crippen LogP contribution in [0.1, 0.15) is 47.8 Å². The van der Waals surface area contributed by atoms with Crippen molar-refractivity contribution in [3.05, 3.63) is 41.1 Å². The highest BCUT2D eigenvalue weighted by molar-refractivity contribution is 6.05. The lowest BCUT2D eigenvalue weighted by atomic mass is 9.97. The third-order valence-electron chi connectivity index (χ3n) is 6.11. The Bertz CT molecular complexity index is 1010. The van der Waals surface area contributed by atoms with Gasteiger partial charge in [-0.2, -0.15) is 0 Å². The van der Waals surface area contributed by atoms with E-state index in [0.717, 1.165) is 54.3 Å². The first-order chi connectivity index (χ1) is 15.6. The Kier molecular flexibility index (Phi) is 6.87. The minimum absolute atomic E-state index is 0.258. The Hall–Kier alpha value is -3.16. The number of hydrogen-bond acceptors (Lipinski definition) is 6. The van der Waals surface area contributed by atoms with Crippen LogP contribution in [0.15, 0.2) is 24.3 Å². The van der Waals surface area contributed by atoms with Gasteiger partial charge in [0, 0.05) is 37.3 Å². The molecule has 32 heavy (non-hydrogen) atoms. The Morgan fingerprint density at radius 2 is 1.66 bits per heavy atom. The van der Waals surface area contributed by atoms with Crippen LogP contribution in [0.3, 0.4) is 0 Å². The van der Waals surface area contributed by atoms with Gasteiger partial charge in [0.15, 0.2) is 6.61 Å². The van der Waals surface area contributed by atoms with E-state index in [9.17, 15) is 14.4 Å². The van der Waals surface area contributed by atoms with Crippen molar-refractivity contribution >= 4 is 28.9 Å². The Morgan fingerprint density at radius 3 is 2.44 bits per heavy atom. The Balaban J connectivity index is 1.44. The molecular formula is C24H29N3O5. The summed E-state index contributed by atoms with van der Waals surface area (Å²) < 4.78 is 10.5. The predicted octanol–water partition coefficient (Wildman–Crippen LogP) is 2.96. The van der Waals surface area contributed by atoms with Crippen molar-refractivity contribution in [2.45, 2.75) is 39.0 Å². The molecule has 1 aromatic carbocycles. The maximum Gasteiger partial charge on any atom is 0.409 e. The number of amides is 2. The largest absolute Gasteiger partial charge is 0.452 e. The van der Waals surface area contributed by atoms with Gasteiger partial charge in [-0.25, -0.2) is 9.59 Å². The maximum absolute atomic E-state index is 13.2. The summed E-state index contributed by atoms with van der Waals surface area (Å²) in [5.74, 6) is -0.730. The molecule has 1 aliphatic carbocycles. The molecule has 2 heterocycles. The second kappa shape index (κ2) is 9.97. The zero-order valence-electron chi connectivity index (χ0n) is 18.5. The summed E-state index contributed by atoms with van der Waals surface area (Å²) in [6.07, 6.45) is 4.46. The van der Waals surface area contributed by atoms with Crippen LogP contribution in [0.25, 0.3) is 10.9 Å². The molecule has 0 N–H and O–H groups in total. The number of benzene rings is 1. The molecule has 1 saturated heterocycles. The number of nitrogens with zero attached hydrogens (tertiary/aromatic N) is 3. The lowest BCUT2D eigenvalue weighted by molar-refractivity contribution is -0.136. The van der Waals surface area contributed by atoms with Gasteiger partial charge in [-0.1, -0.05) is 24.6 Å². The van der Waals surface area contributed by atoms with Gasteiger partial charge < -0.3 is 19.3 Å². The van der Waals surface area contributed by atoms with E-state index >= 15 is 0 Å². The number of aryl methyl sites for hydroxylation is 1. The number of carbonyl (C=O) groups is 3. The molecule has 0 atom stereocenters. The Morgan fingerprint density at radius 1 is 0.938 bits per heavy atom. The number of rotatable bonds is 4. The zero-order valence-corrected chi connectivity index (χ0v) is 18.5. The number of aromatic nitrogens is 1. The first-order valence-electron chi connectivity index (χ1n) is 11.4. The summed E-state index contributed by atoms with van der Waals surface area (Å²) in [6.45, 7) is 3.36. The van der Waals surface area contributed by atoms with Crippen molar-refractivity contribution in [2.24, 2.45) is 0 Å². The van der Waals surface area contributed by atoms with E-state index in [1.54, 1.807) is 16.7 Å². The summed E-state index contributed by atoms with van der Waals surface area (Å²) in [4.78, 5) is 45.6. The third-order valence-corrected chi connectivity index (χ3v) is 6.11. The van der Waals surface area contributed by atoms with Crippen LogP contribution in [0, 0.1) is 0 Å². The molecule has 170 valence electrons. The maximum atomic E-state index is 13.2. The second-order valence-electron chi connectivity index (χ2n) is 8.13. The van der Waals surface area contributed by atoms with Gasteiger partial charge in [-0.15, -0.1) is 0 Å². The molecule has 0 unspecified atom stereocenters. The summed E-state index contributed by atoms with van der Waals surface area (Å²) >= 11 is 0. The fourth-order valence-corrected chi connectivity index (χ4v) is 4.43. The van der Waals surface area contributed by atoms with E-state index in [-0.39, 0.29) is 18.6 Å². The summed E-state index contributed by atoms with van der Waals surface area (Å²) in [5.41, 5.74) is 3.25. The fraction of sp³-hybridized carbons (Fsp3) is 0.500. The van der Waals surface area contributed by atoms with Crippen LogP contribution in [0.4, 0.5) is 4.79 Å². The van der Waals surface area contributed by atoms with Crippen LogP contribution in [-0.2, 0) is 27.1 Å². The van der Waals surface area contributed by atoms with E-state index in [1.165, 1.54) is 0 Å². The topological polar surface area (TPSA) is 89.0 Å².